The van der Waals surface area contributed by atoms with Gasteiger partial charge in [-0.2, -0.15) is 4.98 Å². The zero-order valence-electron chi connectivity index (χ0n) is 11.2. The lowest BCUT2D eigenvalue weighted by Gasteiger charge is -2.07. The lowest BCUT2D eigenvalue weighted by Crippen LogP contribution is -2.38. The number of nitrogens with one attached hydrogen (secondary N) is 1. The maximum atomic E-state index is 11.2. The molecule has 0 aliphatic heterocycles. The van der Waals surface area contributed by atoms with Gasteiger partial charge in [0.15, 0.2) is 5.71 Å². The van der Waals surface area contributed by atoms with Gasteiger partial charge in [0.2, 0.25) is 16.0 Å². The highest BCUT2D eigenvalue weighted by Crippen LogP contribution is 2.17. The van der Waals surface area contributed by atoms with E-state index in [-0.39, 0.29) is 16.7 Å². The van der Waals surface area contributed by atoms with E-state index in [1.807, 2.05) is 0 Å². The quantitative estimate of drug-likeness (QED) is 0.533. The molecule has 1 aromatic heterocycles. The molecule has 1 heterocycles. The average molecular weight is 307 g/mol. The van der Waals surface area contributed by atoms with E-state index in [1.165, 1.54) is 18.3 Å². The second-order valence-corrected chi connectivity index (χ2v) is 5.93. The Morgan fingerprint density at radius 1 is 1.29 bits per heavy atom. The Morgan fingerprint density at radius 3 is 2.38 bits per heavy atom. The van der Waals surface area contributed by atoms with Gasteiger partial charge in [-0.15, -0.1) is 0 Å². The van der Waals surface area contributed by atoms with Crippen molar-refractivity contribution in [3.8, 4) is 0 Å². The van der Waals surface area contributed by atoms with Gasteiger partial charge in [0.25, 0.3) is 0 Å². The van der Waals surface area contributed by atoms with Crippen LogP contribution in [0.1, 0.15) is 12.5 Å². The van der Waals surface area contributed by atoms with Crippen molar-refractivity contribution < 1.29 is 13.8 Å². The monoisotopic (exact) mass is 307 g/mol. The van der Waals surface area contributed by atoms with E-state index in [9.17, 15) is 8.42 Å². The van der Waals surface area contributed by atoms with Crippen molar-refractivity contribution in [2.75, 3.05) is 11.1 Å². The molecule has 1 aromatic carbocycles. The fourth-order valence-corrected chi connectivity index (χ4v) is 2.13. The van der Waals surface area contributed by atoms with Crippen LogP contribution in [0, 0.1) is 0 Å². The van der Waals surface area contributed by atoms with E-state index in [0.717, 1.165) is 0 Å². The minimum atomic E-state index is -3.71. The van der Waals surface area contributed by atoms with Gasteiger partial charge in [0.05, 0.1) is 4.90 Å². The number of sulfonamides is 1. The molecular weight excluding hydrogens is 292 g/mol. The van der Waals surface area contributed by atoms with Crippen molar-refractivity contribution in [3.63, 3.8) is 0 Å². The molecule has 0 radical (unpaired) electrons. The normalized spacial score (nSPS) is 11.1. The summed E-state index contributed by atoms with van der Waals surface area (Å²) in [6.45, 7) is 1.70. The zero-order chi connectivity index (χ0) is 15.6. The summed E-state index contributed by atoms with van der Waals surface area (Å²) >= 11 is 0. The predicted octanol–water partition coefficient (Wildman–Crippen LogP) is -0.982. The second kappa shape index (κ2) is 5.46. The number of nitrogen functional groups attached to an aromatic ring is 1. The van der Waals surface area contributed by atoms with Crippen LogP contribution in [0.4, 0.5) is 17.5 Å². The van der Waals surface area contributed by atoms with Crippen molar-refractivity contribution >= 4 is 33.2 Å². The topological polar surface area (TPSA) is 150 Å². The average Bonchev–Trinajstić information content (AvgIpc) is 2.38. The summed E-state index contributed by atoms with van der Waals surface area (Å²) in [6, 6.07) is 5.86. The maximum absolute atomic E-state index is 11.2. The molecule has 2 aromatic rings. The van der Waals surface area contributed by atoms with Gasteiger partial charge in [-0.1, -0.05) is 0 Å². The SMILES string of the molecule is CC(=[NH2+])c1cnc(Nc2ccc(S(N)(=O)=O)cc2)nc1N. The molecule has 7 N–H and O–H groups in total. The van der Waals surface area contributed by atoms with E-state index < -0.39 is 10.0 Å². The standard InChI is InChI=1S/C12H14N6O2S/c1-7(13)10-6-16-12(18-11(10)14)17-8-2-4-9(5-3-8)21(15,19)20/h2-6,13H,1H3,(H2,15,19,20)(H3,14,16,17,18)/p+1. The highest BCUT2D eigenvalue weighted by atomic mass is 32.2. The molecule has 0 atom stereocenters. The fourth-order valence-electron chi connectivity index (χ4n) is 1.62. The molecule has 8 nitrogen and oxygen atoms in total. The van der Waals surface area contributed by atoms with Crippen LogP contribution in [0.3, 0.4) is 0 Å². The second-order valence-electron chi connectivity index (χ2n) is 4.37. The Bertz CT molecular complexity index is 786. The van der Waals surface area contributed by atoms with Crippen LogP contribution in [-0.2, 0) is 10.0 Å². The first-order chi connectivity index (χ1) is 9.77. The van der Waals surface area contributed by atoms with Crippen molar-refractivity contribution in [3.05, 3.63) is 36.0 Å². The van der Waals surface area contributed by atoms with Crippen LogP contribution in [0.5, 0.6) is 0 Å². The molecule has 21 heavy (non-hydrogen) atoms. The first-order valence-corrected chi connectivity index (χ1v) is 7.44. The molecule has 0 aliphatic carbocycles. The number of hydrogen-bond donors (Lipinski definition) is 4. The van der Waals surface area contributed by atoms with Crippen LogP contribution < -0.4 is 21.6 Å². The molecule has 0 amide bonds. The maximum Gasteiger partial charge on any atom is 0.238 e. The Hall–Kier alpha value is -2.52. The summed E-state index contributed by atoms with van der Waals surface area (Å²) in [7, 11) is -3.71. The summed E-state index contributed by atoms with van der Waals surface area (Å²) < 4.78 is 22.3. The third-order valence-corrected chi connectivity index (χ3v) is 3.61. The van der Waals surface area contributed by atoms with E-state index >= 15 is 0 Å². The molecule has 0 bridgehead atoms. The first kappa shape index (κ1) is 14.9. The molecule has 110 valence electrons. The summed E-state index contributed by atoms with van der Waals surface area (Å²) in [5.41, 5.74) is 7.47. The molecule has 0 fully saturated rings. The smallest absolute Gasteiger partial charge is 0.238 e. The highest BCUT2D eigenvalue weighted by molar-refractivity contribution is 7.89. The third-order valence-electron chi connectivity index (χ3n) is 2.68. The number of nitrogens with zero attached hydrogens (tertiary/aromatic N) is 2. The minimum Gasteiger partial charge on any atom is -0.383 e. The van der Waals surface area contributed by atoms with Gasteiger partial charge >= 0.3 is 0 Å². The Morgan fingerprint density at radius 2 is 1.90 bits per heavy atom. The van der Waals surface area contributed by atoms with E-state index in [1.54, 1.807) is 19.1 Å². The first-order valence-electron chi connectivity index (χ1n) is 5.89. The van der Waals surface area contributed by atoms with Crippen LogP contribution >= 0.6 is 0 Å². The zero-order valence-corrected chi connectivity index (χ0v) is 12.1. The molecule has 0 aliphatic rings. The third kappa shape index (κ3) is 3.52. The lowest BCUT2D eigenvalue weighted by atomic mass is 10.2. The number of anilines is 3. The highest BCUT2D eigenvalue weighted by Gasteiger charge is 2.10. The van der Waals surface area contributed by atoms with E-state index in [4.69, 9.17) is 16.3 Å². The number of nitrogens with two attached hydrogens (primary N) is 3. The Kier molecular flexibility index (Phi) is 3.87. The molecule has 0 spiro atoms. The number of hydrogen-bond acceptors (Lipinski definition) is 6. The Labute approximate surface area is 121 Å². The van der Waals surface area contributed by atoms with E-state index in [2.05, 4.69) is 15.3 Å². The number of benzene rings is 1. The number of primary sulfonamides is 1. The largest absolute Gasteiger partial charge is 0.383 e. The van der Waals surface area contributed by atoms with Crippen LogP contribution in [0.15, 0.2) is 35.4 Å². The van der Waals surface area contributed by atoms with Gasteiger partial charge in [0.1, 0.15) is 11.4 Å². The summed E-state index contributed by atoms with van der Waals surface area (Å²) in [5.74, 6) is 0.537. The molecule has 9 heteroatoms. The Balaban J connectivity index is 2.23. The van der Waals surface area contributed by atoms with Gasteiger partial charge in [-0.05, 0) is 24.3 Å². The van der Waals surface area contributed by atoms with Crippen LogP contribution in [0.2, 0.25) is 0 Å². The predicted molar refractivity (Wildman–Crippen MR) is 79.3 cm³/mol. The van der Waals surface area contributed by atoms with Gasteiger partial charge < -0.3 is 11.1 Å². The molecule has 0 unspecified atom stereocenters. The van der Waals surface area contributed by atoms with Gasteiger partial charge in [-0.25, -0.2) is 18.5 Å². The van der Waals surface area contributed by atoms with E-state index in [0.29, 0.717) is 17.0 Å². The summed E-state index contributed by atoms with van der Waals surface area (Å²) in [4.78, 5) is 8.18. The fraction of sp³-hybridized carbons (Fsp3) is 0.0833. The molecule has 0 saturated carbocycles. The van der Waals surface area contributed by atoms with Crippen LogP contribution in [-0.4, -0.2) is 24.1 Å². The van der Waals surface area contributed by atoms with Crippen molar-refractivity contribution in [2.45, 2.75) is 11.8 Å². The van der Waals surface area contributed by atoms with Crippen molar-refractivity contribution in [1.29, 1.82) is 0 Å². The number of aromatic nitrogens is 2. The van der Waals surface area contributed by atoms with Gasteiger partial charge in [0, 0.05) is 18.8 Å². The molecule has 2 rings (SSSR count). The summed E-state index contributed by atoms with van der Waals surface area (Å²) in [6.07, 6.45) is 1.51. The molecule has 0 saturated heterocycles. The number of rotatable bonds is 4. The summed E-state index contributed by atoms with van der Waals surface area (Å²) in [5, 5.41) is 13.6. The van der Waals surface area contributed by atoms with Crippen molar-refractivity contribution in [2.24, 2.45) is 5.14 Å². The lowest BCUT2D eigenvalue weighted by molar-refractivity contribution is -0.113. The molecular formula is C12H15N6O2S+. The van der Waals surface area contributed by atoms with Crippen LogP contribution in [0.25, 0.3) is 0 Å². The van der Waals surface area contributed by atoms with Crippen molar-refractivity contribution in [1.82, 2.24) is 9.97 Å². The van der Waals surface area contributed by atoms with Gasteiger partial charge in [-0.3, -0.25) is 5.41 Å². The minimum absolute atomic E-state index is 0.0252.